The van der Waals surface area contributed by atoms with Crippen LogP contribution in [0.2, 0.25) is 0 Å². The van der Waals surface area contributed by atoms with E-state index in [9.17, 15) is 44.3 Å². The van der Waals surface area contributed by atoms with Crippen molar-refractivity contribution in [1.82, 2.24) is 20.2 Å². The second-order valence-electron chi connectivity index (χ2n) is 9.23. The van der Waals surface area contributed by atoms with E-state index < -0.39 is 36.4 Å². The number of carboxylic acids is 3. The van der Waals surface area contributed by atoms with E-state index in [4.69, 9.17) is 34.4 Å². The lowest BCUT2D eigenvalue weighted by Crippen LogP contribution is -2.40. The number of carbonyl (C=O) groups is 4. The molecule has 2 atom stereocenters. The number of aliphatic carboxylic acids is 3. The van der Waals surface area contributed by atoms with Crippen LogP contribution in [0.3, 0.4) is 0 Å². The van der Waals surface area contributed by atoms with Gasteiger partial charge in [-0.05, 0) is 31.2 Å². The number of rotatable bonds is 5. The van der Waals surface area contributed by atoms with Gasteiger partial charge in [-0.1, -0.05) is 12.1 Å². The van der Waals surface area contributed by atoms with Crippen LogP contribution in [0.5, 0.6) is 5.88 Å². The zero-order chi connectivity index (χ0) is 35.3. The van der Waals surface area contributed by atoms with Gasteiger partial charge in [-0.2, -0.15) is 39.5 Å². The van der Waals surface area contributed by atoms with E-state index in [0.29, 0.717) is 19.0 Å². The largest absolute Gasteiger partial charge is 0.490 e. The van der Waals surface area contributed by atoms with Gasteiger partial charge in [0.1, 0.15) is 0 Å². The standard InChI is InChI=1S/C19H22N4O2.3C2HF3O2/c24-18-19(7-10-23(14-19)12-16-5-1-3-8-20-16)15(11-22-18)13-25-17-6-2-4-9-21-17;3*3-2(4,5)1(6)7/h1-6,8-9,15H,7,10-14H2,(H,22,24);3*(H,6,7)/t15-,19+;;;/m0.../s1. The Morgan fingerprint density at radius 3 is 1.74 bits per heavy atom. The van der Waals surface area contributed by atoms with Crippen LogP contribution in [-0.2, 0) is 25.7 Å². The molecule has 2 saturated heterocycles. The van der Waals surface area contributed by atoms with Crippen LogP contribution in [0.25, 0.3) is 0 Å². The number of nitrogens with zero attached hydrogens (tertiary/aromatic N) is 3. The molecule has 4 N–H and O–H groups in total. The Kier molecular flexibility index (Phi) is 14.2. The number of carboxylic acid groups (broad SMARTS) is 3. The molecule has 46 heavy (non-hydrogen) atoms. The number of alkyl halides is 9. The monoisotopic (exact) mass is 680 g/mol. The average molecular weight is 680 g/mol. The molecule has 0 radical (unpaired) electrons. The van der Waals surface area contributed by atoms with Crippen molar-refractivity contribution >= 4 is 23.8 Å². The second-order valence-corrected chi connectivity index (χ2v) is 9.23. The van der Waals surface area contributed by atoms with Crippen molar-refractivity contribution in [3.63, 3.8) is 0 Å². The SMILES string of the molecule is O=C(O)C(F)(F)F.O=C(O)C(F)(F)F.O=C(O)C(F)(F)F.O=C1NC[C@@H](COc2ccccn2)[C@]12CCN(Cc1ccccn1)C2. The van der Waals surface area contributed by atoms with Crippen molar-refractivity contribution in [2.45, 2.75) is 31.5 Å². The molecule has 0 bridgehead atoms. The molecule has 1 amide bonds. The minimum atomic E-state index is -5.08. The highest BCUT2D eigenvalue weighted by atomic mass is 19.4. The van der Waals surface area contributed by atoms with Gasteiger partial charge in [-0.15, -0.1) is 0 Å². The first-order valence-corrected chi connectivity index (χ1v) is 12.4. The number of carbonyl (C=O) groups excluding carboxylic acids is 1. The molecule has 0 aliphatic carbocycles. The number of hydrogen-bond acceptors (Lipinski definition) is 8. The van der Waals surface area contributed by atoms with Gasteiger partial charge in [0.25, 0.3) is 0 Å². The third-order valence-corrected chi connectivity index (χ3v) is 6.03. The molecule has 0 aromatic carbocycles. The van der Waals surface area contributed by atoms with E-state index in [-0.39, 0.29) is 17.2 Å². The molecule has 2 aliphatic rings. The number of likely N-dealkylation sites (tertiary alicyclic amines) is 1. The summed E-state index contributed by atoms with van der Waals surface area (Å²) in [5.74, 6) is -7.34. The number of aromatic nitrogens is 2. The summed E-state index contributed by atoms with van der Waals surface area (Å²) in [4.78, 5) is 50.2. The summed E-state index contributed by atoms with van der Waals surface area (Å²) in [6, 6.07) is 11.6. The maximum atomic E-state index is 12.6. The molecular formula is C25H25F9N4O8. The van der Waals surface area contributed by atoms with Crippen LogP contribution in [0.15, 0.2) is 48.8 Å². The summed E-state index contributed by atoms with van der Waals surface area (Å²) in [5.41, 5.74) is 0.683. The zero-order valence-corrected chi connectivity index (χ0v) is 23.1. The molecule has 21 heteroatoms. The second kappa shape index (κ2) is 16.6. The Balaban J connectivity index is 0.000000413. The average Bonchev–Trinajstić information content (AvgIpc) is 3.51. The summed E-state index contributed by atoms with van der Waals surface area (Å²) in [7, 11) is 0. The fourth-order valence-corrected chi connectivity index (χ4v) is 3.90. The van der Waals surface area contributed by atoms with Crippen molar-refractivity contribution in [2.24, 2.45) is 11.3 Å². The highest BCUT2D eigenvalue weighted by Crippen LogP contribution is 2.42. The number of hydrogen-bond donors (Lipinski definition) is 4. The summed E-state index contributed by atoms with van der Waals surface area (Å²) >= 11 is 0. The Morgan fingerprint density at radius 2 is 1.33 bits per heavy atom. The van der Waals surface area contributed by atoms with E-state index in [1.807, 2.05) is 42.6 Å². The first-order chi connectivity index (χ1) is 21.1. The van der Waals surface area contributed by atoms with Crippen LogP contribution in [-0.4, -0.2) is 98.8 Å². The van der Waals surface area contributed by atoms with Gasteiger partial charge in [0, 0.05) is 44.0 Å². The minimum absolute atomic E-state index is 0.158. The Morgan fingerprint density at radius 1 is 0.848 bits per heavy atom. The molecule has 4 rings (SSSR count). The van der Waals surface area contributed by atoms with E-state index >= 15 is 0 Å². The Bertz CT molecular complexity index is 1240. The number of halogens is 9. The molecule has 12 nitrogen and oxygen atoms in total. The molecule has 0 saturated carbocycles. The van der Waals surface area contributed by atoms with Gasteiger partial charge in [0.05, 0.1) is 17.7 Å². The van der Waals surface area contributed by atoms with Gasteiger partial charge < -0.3 is 25.4 Å². The smallest absolute Gasteiger partial charge is 0.477 e. The molecule has 2 aliphatic heterocycles. The molecular weight excluding hydrogens is 655 g/mol. The predicted molar refractivity (Wildman–Crippen MR) is 134 cm³/mol. The third-order valence-electron chi connectivity index (χ3n) is 6.03. The maximum absolute atomic E-state index is 12.6. The number of ether oxygens (including phenoxy) is 1. The van der Waals surface area contributed by atoms with Crippen molar-refractivity contribution < 1.29 is 78.7 Å². The van der Waals surface area contributed by atoms with Crippen molar-refractivity contribution in [2.75, 3.05) is 26.2 Å². The van der Waals surface area contributed by atoms with Crippen LogP contribution in [0, 0.1) is 11.3 Å². The third kappa shape index (κ3) is 13.1. The zero-order valence-electron chi connectivity index (χ0n) is 23.1. The summed E-state index contributed by atoms with van der Waals surface area (Å²) < 4.78 is 101. The van der Waals surface area contributed by atoms with Gasteiger partial charge in [0.15, 0.2) is 0 Å². The maximum Gasteiger partial charge on any atom is 0.490 e. The number of amides is 1. The van der Waals surface area contributed by atoms with E-state index in [1.54, 1.807) is 6.20 Å². The molecule has 256 valence electrons. The lowest BCUT2D eigenvalue weighted by Gasteiger charge is -2.28. The van der Waals surface area contributed by atoms with Crippen LogP contribution in [0.1, 0.15) is 12.1 Å². The van der Waals surface area contributed by atoms with Crippen LogP contribution in [0.4, 0.5) is 39.5 Å². The fraction of sp³-hybridized carbons (Fsp3) is 0.440. The molecule has 2 fully saturated rings. The Labute approximate surface area is 252 Å². The molecule has 4 heterocycles. The van der Waals surface area contributed by atoms with Crippen molar-refractivity contribution in [3.05, 3.63) is 54.5 Å². The molecule has 0 unspecified atom stereocenters. The first kappa shape index (κ1) is 39.3. The van der Waals surface area contributed by atoms with Crippen LogP contribution < -0.4 is 10.1 Å². The number of nitrogens with one attached hydrogen (secondary N) is 1. The molecule has 1 spiro atoms. The lowest BCUT2D eigenvalue weighted by atomic mass is 9.77. The summed E-state index contributed by atoms with van der Waals surface area (Å²) in [5, 5.41) is 24.4. The quantitative estimate of drug-likeness (QED) is 0.340. The summed E-state index contributed by atoms with van der Waals surface area (Å²) in [6.45, 7) is 3.62. The van der Waals surface area contributed by atoms with Gasteiger partial charge >= 0.3 is 36.4 Å². The highest BCUT2D eigenvalue weighted by Gasteiger charge is 2.54. The Hall–Kier alpha value is -4.69. The van der Waals surface area contributed by atoms with Gasteiger partial charge in [-0.25, -0.2) is 19.4 Å². The van der Waals surface area contributed by atoms with Gasteiger partial charge in [-0.3, -0.25) is 14.7 Å². The lowest BCUT2D eigenvalue weighted by molar-refractivity contribution is -0.193. The normalized spacial score (nSPS) is 19.3. The minimum Gasteiger partial charge on any atom is -0.477 e. The summed E-state index contributed by atoms with van der Waals surface area (Å²) in [6.07, 6.45) is -10.9. The molecule has 2 aromatic rings. The van der Waals surface area contributed by atoms with E-state index in [2.05, 4.69) is 20.2 Å². The predicted octanol–water partition coefficient (Wildman–Crippen LogP) is 3.39. The van der Waals surface area contributed by atoms with Gasteiger partial charge in [0.2, 0.25) is 11.8 Å². The fourth-order valence-electron chi connectivity index (χ4n) is 3.90. The van der Waals surface area contributed by atoms with Crippen LogP contribution >= 0.6 is 0 Å². The van der Waals surface area contributed by atoms with E-state index in [0.717, 1.165) is 31.7 Å². The number of pyridine rings is 2. The van der Waals surface area contributed by atoms with E-state index in [1.165, 1.54) is 0 Å². The topological polar surface area (TPSA) is 179 Å². The first-order valence-electron chi connectivity index (χ1n) is 12.4. The molecule has 2 aromatic heterocycles. The highest BCUT2D eigenvalue weighted by molar-refractivity contribution is 5.86. The van der Waals surface area contributed by atoms with Crippen molar-refractivity contribution in [3.8, 4) is 5.88 Å². The van der Waals surface area contributed by atoms with Crippen molar-refractivity contribution in [1.29, 1.82) is 0 Å².